The Kier molecular flexibility index (Phi) is 13.0. The zero-order chi connectivity index (χ0) is 27.2. The number of ether oxygens (including phenoxy) is 1. The van der Waals surface area contributed by atoms with Crippen molar-refractivity contribution in [2.24, 2.45) is 0 Å². The summed E-state index contributed by atoms with van der Waals surface area (Å²) in [7, 11) is 0. The van der Waals surface area contributed by atoms with Gasteiger partial charge in [-0.15, -0.1) is 0 Å². The van der Waals surface area contributed by atoms with Crippen LogP contribution in [-0.4, -0.2) is 11.6 Å². The Morgan fingerprint density at radius 1 is 1.00 bits per heavy atom. The molecule has 3 aromatic carbocycles. The van der Waals surface area contributed by atoms with Gasteiger partial charge < -0.3 is 4.74 Å². The molecule has 0 unspecified atom stereocenters. The first-order valence-corrected chi connectivity index (χ1v) is 13.4. The van der Waals surface area contributed by atoms with E-state index < -0.39 is 0 Å². The summed E-state index contributed by atoms with van der Waals surface area (Å²) in [6.07, 6.45) is 4.78. The van der Waals surface area contributed by atoms with Crippen molar-refractivity contribution >= 4 is 52.1 Å². The number of carbonyl (C=O) groups excluding carboxylic acids is 2. The van der Waals surface area contributed by atoms with Crippen molar-refractivity contribution in [2.45, 2.75) is 40.7 Å². The summed E-state index contributed by atoms with van der Waals surface area (Å²) in [5.74, 6) is 2.66. The molecule has 3 nitrogen and oxygen atoms in total. The number of benzene rings is 3. The van der Waals surface area contributed by atoms with E-state index in [2.05, 4.69) is 6.92 Å². The molecule has 0 aliphatic rings. The van der Waals surface area contributed by atoms with E-state index in [4.69, 9.17) is 27.9 Å². The normalized spacial score (nSPS) is 11.2. The molecule has 0 saturated heterocycles. The third kappa shape index (κ3) is 9.42. The summed E-state index contributed by atoms with van der Waals surface area (Å²) < 4.78 is 6.00. The van der Waals surface area contributed by atoms with Crippen molar-refractivity contribution in [2.75, 3.05) is 0 Å². The molecule has 0 spiro atoms. The van der Waals surface area contributed by atoms with Gasteiger partial charge in [-0.25, -0.2) is 4.79 Å². The highest BCUT2D eigenvalue weighted by Gasteiger charge is 2.10. The van der Waals surface area contributed by atoms with E-state index in [1.165, 1.54) is 5.56 Å². The lowest BCUT2D eigenvalue weighted by molar-refractivity contribution is 0.304. The number of carbonyl (C=O) groups is 1. The van der Waals surface area contributed by atoms with E-state index in [0.717, 1.165) is 46.2 Å². The van der Waals surface area contributed by atoms with Crippen molar-refractivity contribution in [3.63, 3.8) is 0 Å². The van der Waals surface area contributed by atoms with E-state index in [9.17, 15) is 9.59 Å². The number of thioether (sulfide) groups is 1. The molecule has 0 bridgehead atoms. The number of rotatable bonds is 9. The molecule has 37 heavy (non-hydrogen) atoms. The predicted octanol–water partition coefficient (Wildman–Crippen LogP) is 9.12. The zero-order valence-corrected chi connectivity index (χ0v) is 23.7. The van der Waals surface area contributed by atoms with Crippen LogP contribution in [0.5, 0.6) is 5.75 Å². The molecule has 0 aromatic heterocycles. The topological polar surface area (TPSA) is 43.4 Å². The molecular formula is C31H30Cl2O3S. The van der Waals surface area contributed by atoms with Gasteiger partial charge in [-0.3, -0.25) is 4.79 Å². The smallest absolute Gasteiger partial charge is 0.180 e. The second-order valence-corrected chi connectivity index (χ2v) is 9.68. The van der Waals surface area contributed by atoms with Crippen LogP contribution in [0.3, 0.4) is 0 Å². The van der Waals surface area contributed by atoms with Gasteiger partial charge in [0.1, 0.15) is 18.3 Å². The zero-order valence-electron chi connectivity index (χ0n) is 21.4. The predicted molar refractivity (Wildman–Crippen MR) is 159 cm³/mol. The minimum atomic E-state index is 0.403. The third-order valence-corrected chi connectivity index (χ3v) is 7.03. The fourth-order valence-corrected chi connectivity index (χ4v) is 4.21. The second kappa shape index (κ2) is 16.0. The molecule has 0 saturated carbocycles. The number of aryl methyl sites for hydroxylation is 1. The Bertz CT molecular complexity index is 1310. The monoisotopic (exact) mass is 552 g/mol. The SMILES string of the molecule is C/C=C(/C=C(\SC=O)C(C)=C=O)c1cccc(OCc2ccccc2)c1C.CCc1ccc(Cl)c(Cl)c1. The highest BCUT2D eigenvalue weighted by molar-refractivity contribution is 8.15. The Morgan fingerprint density at radius 2 is 1.73 bits per heavy atom. The van der Waals surface area contributed by atoms with E-state index in [0.29, 0.717) is 32.7 Å². The number of allylic oxidation sites excluding steroid dienone is 4. The Morgan fingerprint density at radius 3 is 2.32 bits per heavy atom. The van der Waals surface area contributed by atoms with E-state index >= 15 is 0 Å². The average molecular weight is 554 g/mol. The van der Waals surface area contributed by atoms with Crippen LogP contribution in [0.1, 0.15) is 43.0 Å². The van der Waals surface area contributed by atoms with Crippen LogP contribution < -0.4 is 4.74 Å². The van der Waals surface area contributed by atoms with Crippen molar-refractivity contribution in [3.05, 3.63) is 122 Å². The highest BCUT2D eigenvalue weighted by atomic mass is 35.5. The summed E-state index contributed by atoms with van der Waals surface area (Å²) >= 11 is 12.4. The maximum atomic E-state index is 11.0. The molecule has 0 fully saturated rings. The second-order valence-electron chi connectivity index (χ2n) is 8.00. The summed E-state index contributed by atoms with van der Waals surface area (Å²) in [5, 5.41) is 1.26. The highest BCUT2D eigenvalue weighted by Crippen LogP contribution is 2.31. The third-order valence-electron chi connectivity index (χ3n) is 5.52. The lowest BCUT2D eigenvalue weighted by Crippen LogP contribution is -1.99. The van der Waals surface area contributed by atoms with Gasteiger partial charge in [0.25, 0.3) is 0 Å². The maximum Gasteiger partial charge on any atom is 0.180 e. The lowest BCUT2D eigenvalue weighted by atomic mass is 9.98. The molecule has 3 aromatic rings. The average Bonchev–Trinajstić information content (AvgIpc) is 2.92. The molecule has 0 radical (unpaired) electrons. The van der Waals surface area contributed by atoms with Gasteiger partial charge in [0, 0.05) is 10.5 Å². The van der Waals surface area contributed by atoms with Crippen LogP contribution in [0.4, 0.5) is 0 Å². The van der Waals surface area contributed by atoms with Crippen molar-refractivity contribution in [3.8, 4) is 5.75 Å². The van der Waals surface area contributed by atoms with Gasteiger partial charge in [0.2, 0.25) is 0 Å². The number of halogens is 2. The summed E-state index contributed by atoms with van der Waals surface area (Å²) in [6.45, 7) is 8.15. The Hall–Kier alpha value is -3.01. The summed E-state index contributed by atoms with van der Waals surface area (Å²) in [4.78, 5) is 22.5. The van der Waals surface area contributed by atoms with Crippen molar-refractivity contribution in [1.82, 2.24) is 0 Å². The van der Waals surface area contributed by atoms with E-state index in [1.54, 1.807) is 6.92 Å². The fourth-order valence-electron chi connectivity index (χ4n) is 3.37. The van der Waals surface area contributed by atoms with E-state index in [-0.39, 0.29) is 0 Å². The van der Waals surface area contributed by atoms with Gasteiger partial charge >= 0.3 is 0 Å². The molecule has 3 rings (SSSR count). The minimum absolute atomic E-state index is 0.403. The molecular weight excluding hydrogens is 523 g/mol. The van der Waals surface area contributed by atoms with Crippen LogP contribution >= 0.6 is 35.0 Å². The van der Waals surface area contributed by atoms with Crippen LogP contribution in [0.2, 0.25) is 10.0 Å². The van der Waals surface area contributed by atoms with E-state index in [1.807, 2.05) is 98.7 Å². The number of hydrogen-bond acceptors (Lipinski definition) is 4. The van der Waals surface area contributed by atoms with Gasteiger partial charge in [-0.1, -0.05) is 96.5 Å². The molecule has 192 valence electrons. The minimum Gasteiger partial charge on any atom is -0.489 e. The quantitative estimate of drug-likeness (QED) is 0.151. The molecule has 6 heteroatoms. The Balaban J connectivity index is 0.000000402. The van der Waals surface area contributed by atoms with Gasteiger partial charge in [0.05, 0.1) is 10.0 Å². The van der Waals surface area contributed by atoms with Gasteiger partial charge in [-0.2, -0.15) is 0 Å². The molecule has 0 aliphatic carbocycles. The molecule has 0 heterocycles. The first-order valence-electron chi connectivity index (χ1n) is 11.8. The van der Waals surface area contributed by atoms with Gasteiger partial charge in [0.15, 0.2) is 5.62 Å². The first kappa shape index (κ1) is 30.2. The summed E-state index contributed by atoms with van der Waals surface area (Å²) in [5.41, 5.74) is 6.34. The first-order chi connectivity index (χ1) is 17.8. The van der Waals surface area contributed by atoms with Crippen molar-refractivity contribution < 1.29 is 14.3 Å². The number of hydrogen-bond donors (Lipinski definition) is 0. The van der Waals surface area contributed by atoms with Crippen molar-refractivity contribution in [1.29, 1.82) is 0 Å². The molecule has 0 amide bonds. The maximum absolute atomic E-state index is 11.0. The molecule has 0 aliphatic heterocycles. The summed E-state index contributed by atoms with van der Waals surface area (Å²) in [6, 6.07) is 21.6. The molecule has 0 N–H and O–H groups in total. The van der Waals surface area contributed by atoms with Crippen LogP contribution in [-0.2, 0) is 22.6 Å². The fraction of sp³-hybridized carbons (Fsp3) is 0.194. The van der Waals surface area contributed by atoms with Crippen LogP contribution in [0, 0.1) is 6.92 Å². The van der Waals surface area contributed by atoms with Gasteiger partial charge in [-0.05, 0) is 79.3 Å². The lowest BCUT2D eigenvalue weighted by Gasteiger charge is -2.14. The molecule has 0 atom stereocenters. The van der Waals surface area contributed by atoms with Crippen LogP contribution in [0.15, 0.2) is 89.4 Å². The Labute approximate surface area is 233 Å². The standard InChI is InChI=1S/C23H22O3S.C8H8Cl2/c1-4-20(13-23(27-16-25)17(2)14-24)21-11-8-12-22(18(21)3)26-15-19-9-6-5-7-10-19;1-2-6-3-4-7(9)8(10)5-6/h4-13,16H,15H2,1-3H3;3-5H,2H2,1H3/b20-4-,23-13-;. The van der Waals surface area contributed by atoms with Crippen LogP contribution in [0.25, 0.3) is 5.57 Å². The largest absolute Gasteiger partial charge is 0.489 e.